The standard InChI is InChI=1S/C22H25N7O2.ClH/c1-29-7-5-15(6-8-29)14-31-17-3-4-18(20(9-17)30-2)19-10-21(28-27-19)26-22-13-24-16(11-23)12-25-22;/h3-4,9-10,12-13,15H,5-8,14H2,1-2H3,(H2,25,26,27,28);1H. The summed E-state index contributed by atoms with van der Waals surface area (Å²) in [6.07, 6.45) is 5.23. The number of hydrogen-bond donors (Lipinski definition) is 2. The van der Waals surface area contributed by atoms with E-state index in [1.54, 1.807) is 7.11 Å². The molecular formula is C22H26ClN7O2. The summed E-state index contributed by atoms with van der Waals surface area (Å²) in [5, 5.41) is 19.2. The first-order chi connectivity index (χ1) is 15.1. The summed E-state index contributed by atoms with van der Waals surface area (Å²) in [4.78, 5) is 10.5. The van der Waals surface area contributed by atoms with Crippen LogP contribution in [0.1, 0.15) is 18.5 Å². The lowest BCUT2D eigenvalue weighted by Gasteiger charge is -2.28. The van der Waals surface area contributed by atoms with Crippen LogP contribution in [-0.4, -0.2) is 58.9 Å². The molecule has 168 valence electrons. The molecular weight excluding hydrogens is 430 g/mol. The van der Waals surface area contributed by atoms with Gasteiger partial charge in [0, 0.05) is 17.7 Å². The molecule has 32 heavy (non-hydrogen) atoms. The molecule has 2 aromatic heterocycles. The fraction of sp³-hybridized carbons (Fsp3) is 0.364. The Kier molecular flexibility index (Phi) is 7.87. The van der Waals surface area contributed by atoms with E-state index < -0.39 is 0 Å². The average molecular weight is 456 g/mol. The van der Waals surface area contributed by atoms with Gasteiger partial charge in [0.05, 0.1) is 31.8 Å². The highest BCUT2D eigenvalue weighted by molar-refractivity contribution is 5.85. The lowest BCUT2D eigenvalue weighted by atomic mass is 9.98. The van der Waals surface area contributed by atoms with E-state index >= 15 is 0 Å². The maximum Gasteiger partial charge on any atom is 0.158 e. The molecule has 9 nitrogen and oxygen atoms in total. The van der Waals surface area contributed by atoms with Crippen LogP contribution >= 0.6 is 12.4 Å². The maximum absolute atomic E-state index is 8.81. The van der Waals surface area contributed by atoms with Crippen molar-refractivity contribution in [3.63, 3.8) is 0 Å². The smallest absolute Gasteiger partial charge is 0.158 e. The molecule has 1 saturated heterocycles. The number of halogens is 1. The Morgan fingerprint density at radius 1 is 1.19 bits per heavy atom. The van der Waals surface area contributed by atoms with Gasteiger partial charge in [-0.2, -0.15) is 10.4 Å². The molecule has 1 aliphatic rings. The fourth-order valence-electron chi connectivity index (χ4n) is 3.53. The summed E-state index contributed by atoms with van der Waals surface area (Å²) in [7, 11) is 3.80. The Morgan fingerprint density at radius 2 is 2.00 bits per heavy atom. The zero-order valence-electron chi connectivity index (χ0n) is 18.0. The van der Waals surface area contributed by atoms with Crippen LogP contribution in [-0.2, 0) is 0 Å². The number of H-pyrrole nitrogens is 1. The van der Waals surface area contributed by atoms with Crippen molar-refractivity contribution in [3.05, 3.63) is 42.4 Å². The molecule has 0 saturated carbocycles. The highest BCUT2D eigenvalue weighted by Gasteiger charge is 2.18. The first-order valence-corrected chi connectivity index (χ1v) is 10.2. The first-order valence-electron chi connectivity index (χ1n) is 10.2. The summed E-state index contributed by atoms with van der Waals surface area (Å²) in [6, 6.07) is 9.62. The van der Waals surface area contributed by atoms with E-state index in [9.17, 15) is 0 Å². The number of benzene rings is 1. The normalized spacial score (nSPS) is 14.3. The van der Waals surface area contributed by atoms with Crippen molar-refractivity contribution in [1.29, 1.82) is 5.26 Å². The summed E-state index contributed by atoms with van der Waals surface area (Å²) < 4.78 is 11.6. The molecule has 0 amide bonds. The summed E-state index contributed by atoms with van der Waals surface area (Å²) >= 11 is 0. The molecule has 4 rings (SSSR count). The topological polar surface area (TPSA) is 112 Å². The van der Waals surface area contributed by atoms with Crippen LogP contribution in [0.3, 0.4) is 0 Å². The number of nitrogens with zero attached hydrogens (tertiary/aromatic N) is 5. The van der Waals surface area contributed by atoms with Gasteiger partial charge in [-0.1, -0.05) is 0 Å². The zero-order chi connectivity index (χ0) is 21.6. The van der Waals surface area contributed by atoms with E-state index in [4.69, 9.17) is 14.7 Å². The molecule has 0 aliphatic carbocycles. The minimum Gasteiger partial charge on any atom is -0.496 e. The number of piperidine rings is 1. The number of ether oxygens (including phenoxy) is 2. The third kappa shape index (κ3) is 5.66. The number of nitriles is 1. The predicted molar refractivity (Wildman–Crippen MR) is 124 cm³/mol. The Labute approximate surface area is 193 Å². The second kappa shape index (κ2) is 10.8. The van der Waals surface area contributed by atoms with Crippen molar-refractivity contribution in [2.75, 3.05) is 39.2 Å². The number of likely N-dealkylation sites (tertiary alicyclic amines) is 1. The van der Waals surface area contributed by atoms with Gasteiger partial charge >= 0.3 is 0 Å². The van der Waals surface area contributed by atoms with Crippen molar-refractivity contribution in [2.24, 2.45) is 5.92 Å². The Balaban J connectivity index is 0.00000289. The van der Waals surface area contributed by atoms with Gasteiger partial charge in [-0.3, -0.25) is 5.10 Å². The second-order valence-electron chi connectivity index (χ2n) is 7.61. The van der Waals surface area contributed by atoms with E-state index in [2.05, 4.69) is 37.4 Å². The number of nitrogens with one attached hydrogen (secondary N) is 2. The third-order valence-electron chi connectivity index (χ3n) is 5.39. The van der Waals surface area contributed by atoms with Crippen molar-refractivity contribution < 1.29 is 9.47 Å². The Hall–Kier alpha value is -3.35. The zero-order valence-corrected chi connectivity index (χ0v) is 18.9. The van der Waals surface area contributed by atoms with Gasteiger partial charge in [-0.25, -0.2) is 9.97 Å². The number of aromatic amines is 1. The SMILES string of the molecule is COc1cc(OCC2CCN(C)CC2)ccc1-c1cc(Nc2cnc(C#N)cn2)n[nH]1.Cl. The molecule has 2 N–H and O–H groups in total. The lowest BCUT2D eigenvalue weighted by Crippen LogP contribution is -2.32. The number of methoxy groups -OCH3 is 1. The minimum absolute atomic E-state index is 0. The number of aromatic nitrogens is 4. The van der Waals surface area contributed by atoms with E-state index in [1.807, 2.05) is 30.3 Å². The van der Waals surface area contributed by atoms with Crippen LogP contribution in [0.25, 0.3) is 11.3 Å². The maximum atomic E-state index is 8.81. The van der Waals surface area contributed by atoms with E-state index in [0.29, 0.717) is 23.3 Å². The fourth-order valence-corrected chi connectivity index (χ4v) is 3.53. The van der Waals surface area contributed by atoms with Crippen molar-refractivity contribution in [3.8, 4) is 28.8 Å². The number of anilines is 2. The van der Waals surface area contributed by atoms with E-state index in [0.717, 1.165) is 36.7 Å². The van der Waals surface area contributed by atoms with Gasteiger partial charge in [0.25, 0.3) is 0 Å². The van der Waals surface area contributed by atoms with Gasteiger partial charge in [0.2, 0.25) is 0 Å². The molecule has 3 heterocycles. The largest absolute Gasteiger partial charge is 0.496 e. The van der Waals surface area contributed by atoms with Crippen LogP contribution in [0.4, 0.5) is 11.6 Å². The van der Waals surface area contributed by atoms with Crippen LogP contribution in [0.5, 0.6) is 11.5 Å². The number of hydrogen-bond acceptors (Lipinski definition) is 8. The monoisotopic (exact) mass is 455 g/mol. The minimum atomic E-state index is 0. The van der Waals surface area contributed by atoms with E-state index in [1.165, 1.54) is 25.2 Å². The molecule has 0 bridgehead atoms. The van der Waals surface area contributed by atoms with E-state index in [-0.39, 0.29) is 18.1 Å². The van der Waals surface area contributed by atoms with Gasteiger partial charge in [-0.15, -0.1) is 12.4 Å². The third-order valence-corrected chi connectivity index (χ3v) is 5.39. The predicted octanol–water partition coefficient (Wildman–Crippen LogP) is 3.63. The van der Waals surface area contributed by atoms with Gasteiger partial charge < -0.3 is 19.7 Å². The average Bonchev–Trinajstić information content (AvgIpc) is 3.27. The Morgan fingerprint density at radius 3 is 2.69 bits per heavy atom. The molecule has 1 aliphatic heterocycles. The molecule has 3 aromatic rings. The first kappa shape index (κ1) is 23.3. The van der Waals surface area contributed by atoms with Crippen LogP contribution in [0, 0.1) is 17.2 Å². The number of rotatable bonds is 7. The molecule has 0 atom stereocenters. The summed E-state index contributed by atoms with van der Waals surface area (Å²) in [6.45, 7) is 2.97. The van der Waals surface area contributed by atoms with Gasteiger partial charge in [0.1, 0.15) is 23.4 Å². The highest BCUT2D eigenvalue weighted by atomic mass is 35.5. The van der Waals surface area contributed by atoms with Crippen molar-refractivity contribution in [2.45, 2.75) is 12.8 Å². The molecule has 10 heteroatoms. The quantitative estimate of drug-likeness (QED) is 0.555. The van der Waals surface area contributed by atoms with Crippen molar-refractivity contribution in [1.82, 2.24) is 25.1 Å². The van der Waals surface area contributed by atoms with Crippen LogP contribution in [0.15, 0.2) is 36.7 Å². The van der Waals surface area contributed by atoms with Gasteiger partial charge in [0.15, 0.2) is 11.5 Å². The van der Waals surface area contributed by atoms with Crippen molar-refractivity contribution >= 4 is 24.0 Å². The van der Waals surface area contributed by atoms with Crippen LogP contribution in [0.2, 0.25) is 0 Å². The molecule has 0 unspecified atom stereocenters. The highest BCUT2D eigenvalue weighted by Crippen LogP contribution is 2.34. The van der Waals surface area contributed by atoms with Gasteiger partial charge in [-0.05, 0) is 51.0 Å². The van der Waals surface area contributed by atoms with Crippen LogP contribution < -0.4 is 14.8 Å². The second-order valence-corrected chi connectivity index (χ2v) is 7.61. The molecule has 0 radical (unpaired) electrons. The summed E-state index contributed by atoms with van der Waals surface area (Å²) in [5.41, 5.74) is 1.93. The lowest BCUT2D eigenvalue weighted by molar-refractivity contribution is 0.160. The molecule has 0 spiro atoms. The Bertz CT molecular complexity index is 1060. The molecule has 1 aromatic carbocycles. The molecule has 1 fully saturated rings. The summed E-state index contributed by atoms with van der Waals surface area (Å²) in [5.74, 6) is 3.17.